The van der Waals surface area contributed by atoms with Gasteiger partial charge in [-0.3, -0.25) is 4.79 Å². The second kappa shape index (κ2) is 7.25. The van der Waals surface area contributed by atoms with Gasteiger partial charge in [0.05, 0.1) is 18.0 Å². The molecule has 8 nitrogen and oxygen atoms in total. The third kappa shape index (κ3) is 4.72. The first-order chi connectivity index (χ1) is 11.7. The van der Waals surface area contributed by atoms with Crippen molar-refractivity contribution in [3.63, 3.8) is 0 Å². The van der Waals surface area contributed by atoms with E-state index in [1.165, 1.54) is 27.0 Å². The molecule has 0 spiro atoms. The number of hydrogen-bond donors (Lipinski definition) is 2. The molecule has 0 saturated carbocycles. The van der Waals surface area contributed by atoms with Crippen LogP contribution in [0.1, 0.15) is 27.7 Å². The summed E-state index contributed by atoms with van der Waals surface area (Å²) in [7, 11) is 0. The molecule has 1 aromatic carbocycles. The number of hydrogen-bond acceptors (Lipinski definition) is 7. The molecule has 0 bridgehead atoms. The highest BCUT2D eigenvalue weighted by Crippen LogP contribution is 2.28. The molecule has 1 aliphatic heterocycles. The first-order valence-electron chi connectivity index (χ1n) is 7.69. The van der Waals surface area contributed by atoms with E-state index in [1.54, 1.807) is 18.2 Å². The molecule has 0 atom stereocenters. The number of esters is 2. The number of nitrogens with one attached hydrogen (secondary N) is 2. The maximum absolute atomic E-state index is 11.9. The topological polar surface area (TPSA) is 103 Å². The van der Waals surface area contributed by atoms with Gasteiger partial charge in [0, 0.05) is 33.0 Å². The summed E-state index contributed by atoms with van der Waals surface area (Å²) in [6, 6.07) is 4.97. The molecule has 0 unspecified atom stereocenters. The Morgan fingerprint density at radius 2 is 1.84 bits per heavy atom. The second-order valence-corrected chi connectivity index (χ2v) is 5.70. The van der Waals surface area contributed by atoms with Gasteiger partial charge in [0.2, 0.25) is 5.91 Å². The summed E-state index contributed by atoms with van der Waals surface area (Å²) in [6.45, 7) is 6.61. The first kappa shape index (κ1) is 18.3. The van der Waals surface area contributed by atoms with Crippen molar-refractivity contribution in [2.24, 2.45) is 0 Å². The Hall–Kier alpha value is -3.03. The zero-order valence-electron chi connectivity index (χ0n) is 14.5. The normalized spacial score (nSPS) is 15.8. The van der Waals surface area contributed by atoms with E-state index in [4.69, 9.17) is 14.2 Å². The van der Waals surface area contributed by atoms with Gasteiger partial charge in [-0.1, -0.05) is 0 Å². The number of rotatable bonds is 5. The van der Waals surface area contributed by atoms with Crippen molar-refractivity contribution in [2.45, 2.75) is 33.5 Å². The van der Waals surface area contributed by atoms with Crippen molar-refractivity contribution in [1.29, 1.82) is 0 Å². The van der Waals surface area contributed by atoms with E-state index in [0.29, 0.717) is 23.7 Å². The van der Waals surface area contributed by atoms with Crippen LogP contribution in [0.15, 0.2) is 30.0 Å². The molecular weight excluding hydrogens is 328 g/mol. The number of cyclic esters (lactones) is 2. The fourth-order valence-electron chi connectivity index (χ4n) is 2.13. The van der Waals surface area contributed by atoms with Crippen molar-refractivity contribution in [2.75, 3.05) is 17.2 Å². The lowest BCUT2D eigenvalue weighted by atomic mass is 10.2. The van der Waals surface area contributed by atoms with Crippen molar-refractivity contribution in [1.82, 2.24) is 0 Å². The molecule has 8 heteroatoms. The van der Waals surface area contributed by atoms with Crippen LogP contribution in [0.25, 0.3) is 0 Å². The predicted molar refractivity (Wildman–Crippen MR) is 89.9 cm³/mol. The quantitative estimate of drug-likeness (QED) is 0.477. The van der Waals surface area contributed by atoms with Gasteiger partial charge in [-0.05, 0) is 19.1 Å². The molecule has 1 aliphatic rings. The second-order valence-electron chi connectivity index (χ2n) is 5.70. The maximum atomic E-state index is 11.9. The lowest BCUT2D eigenvalue weighted by Gasteiger charge is -2.29. The molecule has 1 amide bonds. The van der Waals surface area contributed by atoms with Crippen LogP contribution in [0.2, 0.25) is 0 Å². The summed E-state index contributed by atoms with van der Waals surface area (Å²) in [6.07, 6.45) is 1.18. The number of carbonyl (C=O) groups is 3. The molecule has 1 saturated heterocycles. The van der Waals surface area contributed by atoms with Gasteiger partial charge in [-0.2, -0.15) is 0 Å². The third-order valence-corrected chi connectivity index (χ3v) is 3.10. The fraction of sp³-hybridized carbons (Fsp3) is 0.353. The van der Waals surface area contributed by atoms with Crippen molar-refractivity contribution >= 4 is 29.2 Å². The highest BCUT2D eigenvalue weighted by Gasteiger charge is 2.38. The van der Waals surface area contributed by atoms with Crippen LogP contribution in [0.5, 0.6) is 5.75 Å². The average molecular weight is 348 g/mol. The van der Waals surface area contributed by atoms with Crippen LogP contribution in [0.3, 0.4) is 0 Å². The van der Waals surface area contributed by atoms with Crippen molar-refractivity contribution in [3.8, 4) is 5.75 Å². The lowest BCUT2D eigenvalue weighted by molar-refractivity contribution is -0.222. The average Bonchev–Trinajstić information content (AvgIpc) is 2.47. The van der Waals surface area contributed by atoms with Gasteiger partial charge >= 0.3 is 11.9 Å². The molecule has 0 radical (unpaired) electrons. The van der Waals surface area contributed by atoms with E-state index in [0.717, 1.165) is 0 Å². The minimum absolute atomic E-state index is 0.266. The maximum Gasteiger partial charge on any atom is 0.350 e. The third-order valence-electron chi connectivity index (χ3n) is 3.10. The molecule has 25 heavy (non-hydrogen) atoms. The molecule has 1 aromatic rings. The van der Waals surface area contributed by atoms with E-state index in [-0.39, 0.29) is 11.5 Å². The number of amides is 1. The molecule has 0 aromatic heterocycles. The number of carbonyl (C=O) groups excluding carboxylic acids is 3. The zero-order chi connectivity index (χ0) is 18.6. The SMILES string of the molecule is CCOc1ccc(NC(C)=O)c(NC=C2C(=O)OC(C)(C)OC2=O)c1. The van der Waals surface area contributed by atoms with Crippen LogP contribution in [-0.4, -0.2) is 30.2 Å². The number of benzene rings is 1. The fourth-order valence-corrected chi connectivity index (χ4v) is 2.13. The number of anilines is 2. The Bertz CT molecular complexity index is 717. The molecular formula is C17H20N2O6. The van der Waals surface area contributed by atoms with E-state index in [9.17, 15) is 14.4 Å². The van der Waals surface area contributed by atoms with E-state index >= 15 is 0 Å². The van der Waals surface area contributed by atoms with Crippen molar-refractivity contribution in [3.05, 3.63) is 30.0 Å². The summed E-state index contributed by atoms with van der Waals surface area (Å²) in [5.41, 5.74) is 0.625. The highest BCUT2D eigenvalue weighted by molar-refractivity contribution is 6.15. The van der Waals surface area contributed by atoms with Gasteiger partial charge in [-0.25, -0.2) is 9.59 Å². The molecule has 1 fully saturated rings. The van der Waals surface area contributed by atoms with E-state index in [1.807, 2.05) is 6.92 Å². The van der Waals surface area contributed by atoms with Gasteiger partial charge in [0.25, 0.3) is 5.79 Å². The van der Waals surface area contributed by atoms with Gasteiger partial charge < -0.3 is 24.8 Å². The molecule has 0 aliphatic carbocycles. The summed E-state index contributed by atoms with van der Waals surface area (Å²) in [5.74, 6) is -2.60. The smallest absolute Gasteiger partial charge is 0.350 e. The van der Waals surface area contributed by atoms with Crippen LogP contribution in [0, 0.1) is 0 Å². The Morgan fingerprint density at radius 1 is 1.20 bits per heavy atom. The Labute approximate surface area is 145 Å². The van der Waals surface area contributed by atoms with Crippen LogP contribution in [-0.2, 0) is 23.9 Å². The van der Waals surface area contributed by atoms with Crippen LogP contribution < -0.4 is 15.4 Å². The minimum atomic E-state index is -1.30. The monoisotopic (exact) mass is 348 g/mol. The van der Waals surface area contributed by atoms with Gasteiger partial charge in [0.1, 0.15) is 5.75 Å². The predicted octanol–water partition coefficient (Wildman–Crippen LogP) is 2.18. The molecule has 2 N–H and O–H groups in total. The van der Waals surface area contributed by atoms with Gasteiger partial charge in [0.15, 0.2) is 5.57 Å². The summed E-state index contributed by atoms with van der Waals surface area (Å²) in [4.78, 5) is 35.2. The Kier molecular flexibility index (Phi) is 5.31. The lowest BCUT2D eigenvalue weighted by Crippen LogP contribution is -2.42. The largest absolute Gasteiger partial charge is 0.494 e. The molecule has 2 rings (SSSR count). The zero-order valence-corrected chi connectivity index (χ0v) is 14.5. The number of ether oxygens (including phenoxy) is 3. The van der Waals surface area contributed by atoms with E-state index in [2.05, 4.69) is 10.6 Å². The standard InChI is InChI=1S/C17H20N2O6/c1-5-23-11-6-7-13(19-10(2)20)14(8-11)18-9-12-15(21)24-17(3,4)25-16(12)22/h6-9,18H,5H2,1-4H3,(H,19,20). The Balaban J connectivity index is 2.28. The first-order valence-corrected chi connectivity index (χ1v) is 7.69. The van der Waals surface area contributed by atoms with Crippen molar-refractivity contribution < 1.29 is 28.6 Å². The van der Waals surface area contributed by atoms with E-state index < -0.39 is 17.7 Å². The van der Waals surface area contributed by atoms with Crippen LogP contribution >= 0.6 is 0 Å². The molecule has 1 heterocycles. The van der Waals surface area contributed by atoms with Crippen LogP contribution in [0.4, 0.5) is 11.4 Å². The summed E-state index contributed by atoms with van der Waals surface area (Å²) in [5, 5.41) is 5.46. The Morgan fingerprint density at radius 3 is 2.40 bits per heavy atom. The van der Waals surface area contributed by atoms with Gasteiger partial charge in [-0.15, -0.1) is 0 Å². The summed E-state index contributed by atoms with van der Waals surface area (Å²) < 4.78 is 15.4. The highest BCUT2D eigenvalue weighted by atomic mass is 16.7. The molecule has 134 valence electrons. The summed E-state index contributed by atoms with van der Waals surface area (Å²) >= 11 is 0. The minimum Gasteiger partial charge on any atom is -0.494 e.